The second-order valence-electron chi connectivity index (χ2n) is 7.38. The lowest BCUT2D eigenvalue weighted by molar-refractivity contribution is 0.195. The Morgan fingerprint density at radius 2 is 2.07 bits per heavy atom. The summed E-state index contributed by atoms with van der Waals surface area (Å²) in [5, 5.41) is 14.8. The summed E-state index contributed by atoms with van der Waals surface area (Å²) < 4.78 is 12.8. The third-order valence-electron chi connectivity index (χ3n) is 4.08. The van der Waals surface area contributed by atoms with Crippen molar-refractivity contribution < 1.29 is 9.15 Å². The fourth-order valence-corrected chi connectivity index (χ4v) is 2.23. The summed E-state index contributed by atoms with van der Waals surface area (Å²) in [4.78, 5) is 8.94. The summed E-state index contributed by atoms with van der Waals surface area (Å²) in [7, 11) is 3.62. The van der Waals surface area contributed by atoms with E-state index >= 15 is 0 Å². The molecule has 150 valence electrons. The first-order valence-electron chi connectivity index (χ1n) is 9.12. The van der Waals surface area contributed by atoms with Gasteiger partial charge in [0.15, 0.2) is 11.8 Å². The molecule has 2 N–H and O–H groups in total. The van der Waals surface area contributed by atoms with E-state index in [2.05, 4.69) is 51.6 Å². The van der Waals surface area contributed by atoms with Crippen LogP contribution in [0.5, 0.6) is 0 Å². The molecule has 9 heteroatoms. The van der Waals surface area contributed by atoms with Crippen molar-refractivity contribution in [2.24, 2.45) is 12.0 Å². The van der Waals surface area contributed by atoms with Crippen molar-refractivity contribution in [2.75, 3.05) is 20.3 Å². The average molecular weight is 377 g/mol. The number of rotatable bonds is 8. The van der Waals surface area contributed by atoms with Gasteiger partial charge in [-0.1, -0.05) is 20.8 Å². The van der Waals surface area contributed by atoms with Gasteiger partial charge in [0.1, 0.15) is 18.1 Å². The molecule has 0 radical (unpaired) electrons. The maximum absolute atomic E-state index is 5.82. The standard InChI is InChI=1S/C18H31N7O2/c1-13-23-24-15(25(13)5)11-21-17(19-8-7-9-26-6)22-12-16-20-10-14(27-16)18(2,3)4/h10H,7-9,11-12H2,1-6H3,(H2,19,21,22). The first-order chi connectivity index (χ1) is 12.8. The van der Waals surface area contributed by atoms with Gasteiger partial charge >= 0.3 is 0 Å². The number of nitrogens with one attached hydrogen (secondary N) is 2. The lowest BCUT2D eigenvalue weighted by Crippen LogP contribution is -2.38. The van der Waals surface area contributed by atoms with E-state index < -0.39 is 0 Å². The third-order valence-corrected chi connectivity index (χ3v) is 4.08. The van der Waals surface area contributed by atoms with E-state index in [0.717, 1.165) is 30.4 Å². The fourth-order valence-electron chi connectivity index (χ4n) is 2.23. The van der Waals surface area contributed by atoms with Crippen molar-refractivity contribution in [1.82, 2.24) is 30.4 Å². The second-order valence-corrected chi connectivity index (χ2v) is 7.38. The summed E-state index contributed by atoms with van der Waals surface area (Å²) in [5.41, 5.74) is -0.0658. The number of guanidine groups is 1. The molecule has 0 aromatic carbocycles. The minimum atomic E-state index is -0.0658. The van der Waals surface area contributed by atoms with E-state index in [1.165, 1.54) is 0 Å². The Kier molecular flexibility index (Phi) is 7.35. The van der Waals surface area contributed by atoms with Crippen molar-refractivity contribution in [3.05, 3.63) is 29.5 Å². The molecular weight excluding hydrogens is 346 g/mol. The van der Waals surface area contributed by atoms with Crippen LogP contribution >= 0.6 is 0 Å². The van der Waals surface area contributed by atoms with Crippen LogP contribution in [0.1, 0.15) is 50.5 Å². The monoisotopic (exact) mass is 377 g/mol. The highest BCUT2D eigenvalue weighted by molar-refractivity contribution is 5.79. The summed E-state index contributed by atoms with van der Waals surface area (Å²) in [6.07, 6.45) is 2.66. The van der Waals surface area contributed by atoms with Gasteiger partial charge in [0, 0.05) is 32.7 Å². The zero-order chi connectivity index (χ0) is 19.9. The predicted molar refractivity (Wildman–Crippen MR) is 103 cm³/mol. The Morgan fingerprint density at radius 1 is 1.30 bits per heavy atom. The molecule has 0 bridgehead atoms. The minimum absolute atomic E-state index is 0.0658. The molecule has 2 rings (SSSR count). The number of hydrogen-bond acceptors (Lipinski definition) is 6. The van der Waals surface area contributed by atoms with Crippen molar-refractivity contribution in [3.63, 3.8) is 0 Å². The van der Waals surface area contributed by atoms with Gasteiger partial charge in [0.25, 0.3) is 0 Å². The summed E-state index contributed by atoms with van der Waals surface area (Å²) in [6.45, 7) is 10.5. The van der Waals surface area contributed by atoms with Crippen LogP contribution in [0.2, 0.25) is 0 Å². The Morgan fingerprint density at radius 3 is 2.67 bits per heavy atom. The van der Waals surface area contributed by atoms with Crippen LogP contribution in [0.4, 0.5) is 0 Å². The first-order valence-corrected chi connectivity index (χ1v) is 9.12. The largest absolute Gasteiger partial charge is 0.443 e. The van der Waals surface area contributed by atoms with Crippen LogP contribution < -0.4 is 10.6 Å². The zero-order valence-corrected chi connectivity index (χ0v) is 17.2. The zero-order valence-electron chi connectivity index (χ0n) is 17.2. The summed E-state index contributed by atoms with van der Waals surface area (Å²) >= 11 is 0. The molecule has 2 aromatic heterocycles. The number of aryl methyl sites for hydroxylation is 1. The maximum atomic E-state index is 5.82. The fraction of sp³-hybridized carbons (Fsp3) is 0.667. The first kappa shape index (κ1) is 20.9. The predicted octanol–water partition coefficient (Wildman–Crippen LogP) is 1.68. The third kappa shape index (κ3) is 6.35. The molecule has 0 fully saturated rings. The van der Waals surface area contributed by atoms with Crippen LogP contribution in [-0.4, -0.2) is 46.0 Å². The van der Waals surface area contributed by atoms with E-state index in [4.69, 9.17) is 9.15 Å². The van der Waals surface area contributed by atoms with E-state index in [0.29, 0.717) is 31.5 Å². The number of oxazole rings is 1. The number of aromatic nitrogens is 4. The topological polar surface area (TPSA) is 102 Å². The van der Waals surface area contributed by atoms with E-state index in [1.807, 2.05) is 18.5 Å². The highest BCUT2D eigenvalue weighted by Gasteiger charge is 2.19. The molecule has 0 amide bonds. The molecule has 0 spiro atoms. The molecule has 2 aromatic rings. The number of aliphatic imine (C=N–C) groups is 1. The van der Waals surface area contributed by atoms with Crippen molar-refractivity contribution in [2.45, 2.75) is 52.6 Å². The Balaban J connectivity index is 1.99. The molecule has 0 saturated carbocycles. The van der Waals surface area contributed by atoms with Gasteiger partial charge < -0.3 is 24.4 Å². The van der Waals surface area contributed by atoms with Crippen molar-refractivity contribution in [1.29, 1.82) is 0 Å². The SMILES string of the molecule is COCCCNC(=NCc1nnc(C)n1C)NCc1ncc(C(C)(C)C)o1. The van der Waals surface area contributed by atoms with E-state index in [-0.39, 0.29) is 5.41 Å². The van der Waals surface area contributed by atoms with Gasteiger partial charge in [0.05, 0.1) is 12.7 Å². The van der Waals surface area contributed by atoms with E-state index in [9.17, 15) is 0 Å². The number of nitrogens with zero attached hydrogens (tertiary/aromatic N) is 5. The summed E-state index contributed by atoms with van der Waals surface area (Å²) in [5.74, 6) is 3.82. The van der Waals surface area contributed by atoms with Gasteiger partial charge in [-0.15, -0.1) is 10.2 Å². The molecule has 9 nitrogen and oxygen atoms in total. The smallest absolute Gasteiger partial charge is 0.213 e. The lowest BCUT2D eigenvalue weighted by atomic mass is 9.94. The highest BCUT2D eigenvalue weighted by atomic mass is 16.5. The molecule has 0 atom stereocenters. The quantitative estimate of drug-likeness (QED) is 0.410. The van der Waals surface area contributed by atoms with E-state index in [1.54, 1.807) is 13.3 Å². The van der Waals surface area contributed by atoms with Gasteiger partial charge in [-0.3, -0.25) is 0 Å². The average Bonchev–Trinajstić information content (AvgIpc) is 3.22. The van der Waals surface area contributed by atoms with Gasteiger partial charge in [0.2, 0.25) is 5.89 Å². The van der Waals surface area contributed by atoms with Crippen LogP contribution in [0.25, 0.3) is 0 Å². The molecule has 0 aliphatic carbocycles. The maximum Gasteiger partial charge on any atom is 0.213 e. The van der Waals surface area contributed by atoms with Crippen LogP contribution in [0, 0.1) is 6.92 Å². The number of ether oxygens (including phenoxy) is 1. The Hall–Kier alpha value is -2.42. The second kappa shape index (κ2) is 9.50. The molecular formula is C18H31N7O2. The highest BCUT2D eigenvalue weighted by Crippen LogP contribution is 2.22. The van der Waals surface area contributed by atoms with Crippen molar-refractivity contribution in [3.8, 4) is 0 Å². The van der Waals surface area contributed by atoms with Crippen LogP contribution in [-0.2, 0) is 30.3 Å². The molecule has 0 saturated heterocycles. The van der Waals surface area contributed by atoms with Gasteiger partial charge in [-0.05, 0) is 13.3 Å². The van der Waals surface area contributed by atoms with Gasteiger partial charge in [-0.2, -0.15) is 0 Å². The molecule has 0 aliphatic heterocycles. The Labute approximate surface area is 160 Å². The minimum Gasteiger partial charge on any atom is -0.443 e. The van der Waals surface area contributed by atoms with Crippen LogP contribution in [0.15, 0.2) is 15.6 Å². The number of hydrogen-bond donors (Lipinski definition) is 2. The Bertz CT molecular complexity index is 743. The summed E-state index contributed by atoms with van der Waals surface area (Å²) in [6, 6.07) is 0. The molecule has 2 heterocycles. The molecule has 0 aliphatic rings. The molecule has 0 unspecified atom stereocenters. The van der Waals surface area contributed by atoms with Crippen molar-refractivity contribution >= 4 is 5.96 Å². The number of methoxy groups -OCH3 is 1. The lowest BCUT2D eigenvalue weighted by Gasteiger charge is -2.13. The van der Waals surface area contributed by atoms with Gasteiger partial charge in [-0.25, -0.2) is 9.98 Å². The molecule has 27 heavy (non-hydrogen) atoms. The van der Waals surface area contributed by atoms with Crippen LogP contribution in [0.3, 0.4) is 0 Å². The normalized spacial score (nSPS) is 12.4.